The van der Waals surface area contributed by atoms with E-state index in [9.17, 15) is 20.4 Å². The van der Waals surface area contributed by atoms with E-state index < -0.39 is 0 Å². The van der Waals surface area contributed by atoms with Crippen LogP contribution in [0.4, 0.5) is 0 Å². The number of phenolic OH excluding ortho intramolecular Hbond substituents is 4. The van der Waals surface area contributed by atoms with Crippen molar-refractivity contribution in [2.75, 3.05) is 0 Å². The quantitative estimate of drug-likeness (QED) is 0.179. The lowest BCUT2D eigenvalue weighted by Gasteiger charge is -2.39. The third-order valence-corrected chi connectivity index (χ3v) is 12.2. The van der Waals surface area contributed by atoms with Crippen molar-refractivity contribution in [3.05, 3.63) is 111 Å². The highest BCUT2D eigenvalue weighted by Crippen LogP contribution is 2.55. The topological polar surface area (TPSA) is 80.9 Å². The summed E-state index contributed by atoms with van der Waals surface area (Å²) in [6.07, 6.45) is 0. The number of hydrogen-bond acceptors (Lipinski definition) is 4. The smallest absolute Gasteiger partial charge is 0.121 e. The first-order valence-electron chi connectivity index (χ1n) is 16.4. The Morgan fingerprint density at radius 2 is 0.326 bits per heavy atom. The molecule has 0 aliphatic rings. The molecule has 4 rings (SSSR count). The monoisotopic (exact) mass is 622 g/mol. The Kier molecular flexibility index (Phi) is 9.13. The summed E-state index contributed by atoms with van der Waals surface area (Å²) in [6, 6.07) is 0. The highest BCUT2D eigenvalue weighted by Gasteiger charge is 2.39. The van der Waals surface area contributed by atoms with Crippen molar-refractivity contribution >= 4 is 0 Å². The van der Waals surface area contributed by atoms with Crippen LogP contribution in [0.5, 0.6) is 23.0 Å². The molecule has 0 aliphatic heterocycles. The Balaban J connectivity index is 2.47. The van der Waals surface area contributed by atoms with Gasteiger partial charge >= 0.3 is 0 Å². The molecule has 0 aliphatic carbocycles. The molecule has 0 unspecified atom stereocenters. The zero-order valence-electron chi connectivity index (χ0n) is 30.9. The molecule has 4 N–H and O–H groups in total. The first kappa shape index (κ1) is 34.9. The summed E-state index contributed by atoms with van der Waals surface area (Å²) in [5, 5.41) is 45.0. The van der Waals surface area contributed by atoms with E-state index in [2.05, 4.69) is 55.4 Å². The summed E-state index contributed by atoms with van der Waals surface area (Å²) in [5.41, 5.74) is 19.9. The summed E-state index contributed by atoms with van der Waals surface area (Å²) in [4.78, 5) is 0. The standard InChI is InChI=1S/C42H54O4/c1-17-25(9)39(43)26(10)18(2)33(17)37(34-19(3)27(11)40(44)28(12)20(34)4)38(35-21(5)29(13)41(45)30(14)22(35)6)36-23(7)31(15)42(46)32(16)24(36)8/h37-38,43-46H,1-16H3. The van der Waals surface area contributed by atoms with Gasteiger partial charge in [-0.2, -0.15) is 0 Å². The van der Waals surface area contributed by atoms with Gasteiger partial charge in [0, 0.05) is 11.8 Å². The zero-order valence-corrected chi connectivity index (χ0v) is 30.9. The lowest BCUT2D eigenvalue weighted by molar-refractivity contribution is 0.461. The first-order chi connectivity index (χ1) is 21.2. The van der Waals surface area contributed by atoms with Crippen molar-refractivity contribution < 1.29 is 20.4 Å². The molecule has 4 nitrogen and oxygen atoms in total. The highest BCUT2D eigenvalue weighted by atomic mass is 16.3. The van der Waals surface area contributed by atoms with Gasteiger partial charge in [-0.1, -0.05) is 0 Å². The van der Waals surface area contributed by atoms with Crippen LogP contribution in [0.2, 0.25) is 0 Å². The van der Waals surface area contributed by atoms with Crippen LogP contribution < -0.4 is 0 Å². The van der Waals surface area contributed by atoms with Gasteiger partial charge in [0.25, 0.3) is 0 Å². The van der Waals surface area contributed by atoms with Crippen LogP contribution in [-0.2, 0) is 0 Å². The molecule has 0 atom stereocenters. The normalized spacial score (nSPS) is 11.8. The van der Waals surface area contributed by atoms with E-state index in [4.69, 9.17) is 0 Å². The fourth-order valence-corrected chi connectivity index (χ4v) is 8.11. The van der Waals surface area contributed by atoms with Crippen molar-refractivity contribution in [3.8, 4) is 23.0 Å². The number of aromatic hydroxyl groups is 4. The minimum Gasteiger partial charge on any atom is -0.507 e. The van der Waals surface area contributed by atoms with Crippen LogP contribution in [0.3, 0.4) is 0 Å². The van der Waals surface area contributed by atoms with Gasteiger partial charge in [0.1, 0.15) is 23.0 Å². The molecule has 0 fully saturated rings. The molecule has 4 heteroatoms. The maximum Gasteiger partial charge on any atom is 0.121 e. The Labute approximate surface area is 276 Å². The largest absolute Gasteiger partial charge is 0.507 e. The summed E-state index contributed by atoms with van der Waals surface area (Å²) >= 11 is 0. The average molecular weight is 623 g/mol. The number of benzene rings is 4. The summed E-state index contributed by atoms with van der Waals surface area (Å²) in [6.45, 7) is 32.9. The van der Waals surface area contributed by atoms with Crippen molar-refractivity contribution in [2.24, 2.45) is 0 Å². The van der Waals surface area contributed by atoms with E-state index in [0.29, 0.717) is 23.0 Å². The fraction of sp³-hybridized carbons (Fsp3) is 0.429. The van der Waals surface area contributed by atoms with Crippen molar-refractivity contribution in [1.82, 2.24) is 0 Å². The van der Waals surface area contributed by atoms with Crippen LogP contribution in [-0.4, -0.2) is 20.4 Å². The third-order valence-electron chi connectivity index (χ3n) is 12.2. The molecular weight excluding hydrogens is 568 g/mol. The molecule has 0 aromatic heterocycles. The SMILES string of the molecule is Cc1c(C)c(C(c2c(C)c(C)c(O)c(C)c2C)C(c2c(C)c(C)c(O)c(C)c2C)c2c(C)c(C)c(O)c(C)c2C)c(C)c(C)c1O. The van der Waals surface area contributed by atoms with Crippen molar-refractivity contribution in [1.29, 1.82) is 0 Å². The first-order valence-corrected chi connectivity index (χ1v) is 16.4. The fourth-order valence-electron chi connectivity index (χ4n) is 8.11. The van der Waals surface area contributed by atoms with Gasteiger partial charge in [-0.3, -0.25) is 0 Å². The predicted molar refractivity (Wildman–Crippen MR) is 192 cm³/mol. The van der Waals surface area contributed by atoms with E-state index in [1.165, 1.54) is 0 Å². The molecule has 0 heterocycles. The molecule has 46 heavy (non-hydrogen) atoms. The second-order valence-electron chi connectivity index (χ2n) is 14.0. The van der Waals surface area contributed by atoms with Gasteiger partial charge in [0.15, 0.2) is 0 Å². The second kappa shape index (κ2) is 12.0. The molecule has 4 aromatic rings. The third kappa shape index (κ3) is 4.87. The predicted octanol–water partition coefficient (Wildman–Crippen LogP) is 10.4. The van der Waals surface area contributed by atoms with Gasteiger partial charge < -0.3 is 20.4 Å². The van der Waals surface area contributed by atoms with E-state index >= 15 is 0 Å². The van der Waals surface area contributed by atoms with Gasteiger partial charge in [-0.15, -0.1) is 0 Å². The van der Waals surface area contributed by atoms with Crippen LogP contribution in [0.15, 0.2) is 0 Å². The maximum absolute atomic E-state index is 11.2. The molecule has 246 valence electrons. The Hall–Kier alpha value is -3.92. The minimum absolute atomic E-state index is 0.225. The maximum atomic E-state index is 11.2. The van der Waals surface area contributed by atoms with E-state index in [0.717, 1.165) is 111 Å². The number of phenols is 4. The molecule has 4 aromatic carbocycles. The summed E-state index contributed by atoms with van der Waals surface area (Å²) < 4.78 is 0. The summed E-state index contributed by atoms with van der Waals surface area (Å²) in [5.74, 6) is 0.858. The van der Waals surface area contributed by atoms with Crippen LogP contribution in [0.1, 0.15) is 123 Å². The Bertz CT molecular complexity index is 1540. The van der Waals surface area contributed by atoms with Crippen molar-refractivity contribution in [3.63, 3.8) is 0 Å². The number of hydrogen-bond donors (Lipinski definition) is 4. The van der Waals surface area contributed by atoms with E-state index in [-0.39, 0.29) is 11.8 Å². The Morgan fingerprint density at radius 3 is 0.435 bits per heavy atom. The molecule has 0 saturated heterocycles. The number of rotatable bonds is 5. The van der Waals surface area contributed by atoms with E-state index in [1.807, 2.05) is 55.4 Å². The lowest BCUT2D eigenvalue weighted by atomic mass is 9.64. The highest BCUT2D eigenvalue weighted by molar-refractivity contribution is 5.68. The molecule has 0 bridgehead atoms. The van der Waals surface area contributed by atoms with Gasteiger partial charge in [0.2, 0.25) is 0 Å². The van der Waals surface area contributed by atoms with Gasteiger partial charge in [-0.05, 0) is 222 Å². The second-order valence-corrected chi connectivity index (χ2v) is 14.0. The molecule has 0 saturated carbocycles. The molecular formula is C42H54O4. The average Bonchev–Trinajstić information content (AvgIpc) is 3.03. The molecule has 0 amide bonds. The minimum atomic E-state index is -0.225. The van der Waals surface area contributed by atoms with Gasteiger partial charge in [0.05, 0.1) is 0 Å². The molecule has 0 spiro atoms. The Morgan fingerprint density at radius 1 is 0.217 bits per heavy atom. The summed E-state index contributed by atoms with van der Waals surface area (Å²) in [7, 11) is 0. The van der Waals surface area contributed by atoms with E-state index in [1.54, 1.807) is 0 Å². The van der Waals surface area contributed by atoms with Crippen LogP contribution in [0.25, 0.3) is 0 Å². The van der Waals surface area contributed by atoms with Crippen LogP contribution >= 0.6 is 0 Å². The molecule has 0 radical (unpaired) electrons. The van der Waals surface area contributed by atoms with Crippen LogP contribution in [0, 0.1) is 111 Å². The van der Waals surface area contributed by atoms with Gasteiger partial charge in [-0.25, -0.2) is 0 Å². The zero-order chi connectivity index (χ0) is 35.0. The van der Waals surface area contributed by atoms with Crippen molar-refractivity contribution in [2.45, 2.75) is 123 Å². The lowest BCUT2D eigenvalue weighted by Crippen LogP contribution is -2.24.